The smallest absolute Gasteiger partial charge is 0.251 e. The topological polar surface area (TPSA) is 41.1 Å². The molecule has 0 aliphatic carbocycles. The first-order valence-electron chi connectivity index (χ1n) is 7.25. The molecule has 3 nitrogen and oxygen atoms in total. The average Bonchev–Trinajstić information content (AvgIpc) is 2.80. The Hall–Kier alpha value is -1.65. The molecule has 2 aromatic rings. The Balaban J connectivity index is 2.01. The summed E-state index contributed by atoms with van der Waals surface area (Å²) in [5, 5.41) is 6.29. The molecule has 2 heterocycles. The number of hydrogen-bond acceptors (Lipinski definition) is 3. The van der Waals surface area contributed by atoms with Gasteiger partial charge in [0.2, 0.25) is 0 Å². The second-order valence-corrected chi connectivity index (χ2v) is 6.82. The third-order valence-corrected chi connectivity index (χ3v) is 5.37. The van der Waals surface area contributed by atoms with E-state index in [4.69, 9.17) is 0 Å². The van der Waals surface area contributed by atoms with Crippen molar-refractivity contribution in [1.82, 2.24) is 10.6 Å². The van der Waals surface area contributed by atoms with Crippen LogP contribution in [0.5, 0.6) is 0 Å². The number of hydrogen-bond donors (Lipinski definition) is 2. The molecule has 0 radical (unpaired) electrons. The van der Waals surface area contributed by atoms with Crippen molar-refractivity contribution in [3.63, 3.8) is 0 Å². The van der Waals surface area contributed by atoms with E-state index in [2.05, 4.69) is 42.7 Å². The first-order valence-corrected chi connectivity index (χ1v) is 8.07. The van der Waals surface area contributed by atoms with Gasteiger partial charge in [-0.25, -0.2) is 0 Å². The molecule has 1 amide bonds. The van der Waals surface area contributed by atoms with Crippen LogP contribution in [-0.2, 0) is 6.42 Å². The summed E-state index contributed by atoms with van der Waals surface area (Å²) in [6.45, 7) is 5.03. The number of aryl methyl sites for hydroxylation is 2. The number of carbonyl (C=O) groups excluding carboxylic acids is 1. The fraction of sp³-hybridized carbons (Fsp3) is 0.353. The third-order valence-electron chi connectivity index (χ3n) is 4.15. The van der Waals surface area contributed by atoms with Crippen molar-refractivity contribution < 1.29 is 4.79 Å². The molecule has 1 aromatic heterocycles. The van der Waals surface area contributed by atoms with E-state index in [9.17, 15) is 4.79 Å². The second-order valence-electron chi connectivity index (χ2n) is 5.53. The van der Waals surface area contributed by atoms with Crippen LogP contribution in [0.3, 0.4) is 0 Å². The van der Waals surface area contributed by atoms with E-state index in [-0.39, 0.29) is 11.9 Å². The molecule has 1 aromatic carbocycles. The normalized spacial score (nSPS) is 15.5. The lowest BCUT2D eigenvalue weighted by atomic mass is 9.94. The quantitative estimate of drug-likeness (QED) is 0.915. The van der Waals surface area contributed by atoms with Gasteiger partial charge in [-0.2, -0.15) is 0 Å². The lowest BCUT2D eigenvalue weighted by Crippen LogP contribution is -2.32. The number of thiophene rings is 1. The summed E-state index contributed by atoms with van der Waals surface area (Å²) in [5.41, 5.74) is 4.44. The lowest BCUT2D eigenvalue weighted by Gasteiger charge is -2.20. The van der Waals surface area contributed by atoms with Gasteiger partial charge in [0.25, 0.3) is 5.91 Å². The van der Waals surface area contributed by atoms with Crippen molar-refractivity contribution in [2.24, 2.45) is 0 Å². The Morgan fingerprint density at radius 2 is 2.10 bits per heavy atom. The summed E-state index contributed by atoms with van der Waals surface area (Å²) < 4.78 is 0. The van der Waals surface area contributed by atoms with Gasteiger partial charge in [-0.05, 0) is 56.1 Å². The average molecular weight is 300 g/mol. The maximum Gasteiger partial charge on any atom is 0.251 e. The van der Waals surface area contributed by atoms with Crippen LogP contribution in [0.2, 0.25) is 0 Å². The van der Waals surface area contributed by atoms with Gasteiger partial charge in [0.1, 0.15) is 0 Å². The molecule has 21 heavy (non-hydrogen) atoms. The van der Waals surface area contributed by atoms with Crippen LogP contribution in [0.15, 0.2) is 24.3 Å². The molecule has 0 bridgehead atoms. The molecule has 1 unspecified atom stereocenters. The van der Waals surface area contributed by atoms with E-state index in [1.807, 2.05) is 24.5 Å². The number of fused-ring (bicyclic) bond motifs is 1. The van der Waals surface area contributed by atoms with Gasteiger partial charge in [-0.15, -0.1) is 11.3 Å². The molecule has 0 saturated heterocycles. The first kappa shape index (κ1) is 14.3. The van der Waals surface area contributed by atoms with Gasteiger partial charge in [0.05, 0.1) is 6.04 Å². The maximum absolute atomic E-state index is 12.0. The summed E-state index contributed by atoms with van der Waals surface area (Å²) in [7, 11) is 1.97. The molecule has 3 rings (SSSR count). The summed E-state index contributed by atoms with van der Waals surface area (Å²) in [4.78, 5) is 14.7. The molecule has 1 aliphatic heterocycles. The first-order chi connectivity index (χ1) is 10.1. The Morgan fingerprint density at radius 1 is 1.29 bits per heavy atom. The van der Waals surface area contributed by atoms with Crippen LogP contribution in [0.1, 0.15) is 42.8 Å². The Labute approximate surface area is 129 Å². The highest BCUT2D eigenvalue weighted by Gasteiger charge is 2.21. The minimum absolute atomic E-state index is 0.0477. The summed E-state index contributed by atoms with van der Waals surface area (Å²) >= 11 is 1.82. The highest BCUT2D eigenvalue weighted by molar-refractivity contribution is 7.12. The van der Waals surface area contributed by atoms with Crippen molar-refractivity contribution >= 4 is 17.2 Å². The van der Waals surface area contributed by atoms with Crippen LogP contribution in [0.4, 0.5) is 0 Å². The van der Waals surface area contributed by atoms with Crippen molar-refractivity contribution in [3.05, 3.63) is 56.3 Å². The summed E-state index contributed by atoms with van der Waals surface area (Å²) in [5.74, 6) is 0.0477. The van der Waals surface area contributed by atoms with Gasteiger partial charge in [0, 0.05) is 21.9 Å². The van der Waals surface area contributed by atoms with Crippen LogP contribution in [-0.4, -0.2) is 19.5 Å². The zero-order valence-electron chi connectivity index (χ0n) is 12.6. The van der Waals surface area contributed by atoms with Gasteiger partial charge in [-0.3, -0.25) is 4.79 Å². The zero-order chi connectivity index (χ0) is 15.0. The van der Waals surface area contributed by atoms with Crippen LogP contribution in [0.25, 0.3) is 0 Å². The monoisotopic (exact) mass is 300 g/mol. The van der Waals surface area contributed by atoms with Gasteiger partial charge < -0.3 is 10.6 Å². The molecule has 1 aliphatic rings. The SMILES string of the molecule is CNC(c1ccc2c(c1)C(=O)NCC2)c1cc(C)c(C)s1. The van der Waals surface area contributed by atoms with Gasteiger partial charge in [-0.1, -0.05) is 12.1 Å². The number of nitrogens with one attached hydrogen (secondary N) is 2. The van der Waals surface area contributed by atoms with E-state index in [0.717, 1.165) is 29.7 Å². The molecular weight excluding hydrogens is 280 g/mol. The van der Waals surface area contributed by atoms with Gasteiger partial charge >= 0.3 is 0 Å². The van der Waals surface area contributed by atoms with E-state index in [1.54, 1.807) is 0 Å². The molecule has 1 atom stereocenters. The number of rotatable bonds is 3. The Morgan fingerprint density at radius 3 is 2.76 bits per heavy atom. The molecule has 4 heteroatoms. The van der Waals surface area contributed by atoms with E-state index < -0.39 is 0 Å². The van der Waals surface area contributed by atoms with Crippen molar-refractivity contribution in [2.45, 2.75) is 26.3 Å². The molecule has 0 spiro atoms. The number of amides is 1. The molecular formula is C17H20N2OS. The van der Waals surface area contributed by atoms with E-state index in [0.29, 0.717) is 0 Å². The third kappa shape index (κ3) is 2.61. The second kappa shape index (κ2) is 5.62. The maximum atomic E-state index is 12.0. The highest BCUT2D eigenvalue weighted by atomic mass is 32.1. The molecule has 110 valence electrons. The standard InChI is InChI=1S/C17H20N2OS/c1-10-8-15(21-11(10)2)16(18-3)13-5-4-12-6-7-19-17(20)14(12)9-13/h4-5,8-9,16,18H,6-7H2,1-3H3,(H,19,20). The summed E-state index contributed by atoms with van der Waals surface area (Å²) in [6.07, 6.45) is 0.919. The fourth-order valence-electron chi connectivity index (χ4n) is 2.83. The van der Waals surface area contributed by atoms with E-state index in [1.165, 1.54) is 15.3 Å². The van der Waals surface area contributed by atoms with Crippen LogP contribution < -0.4 is 10.6 Å². The van der Waals surface area contributed by atoms with E-state index >= 15 is 0 Å². The van der Waals surface area contributed by atoms with Crippen LogP contribution in [0, 0.1) is 13.8 Å². The minimum Gasteiger partial charge on any atom is -0.352 e. The van der Waals surface area contributed by atoms with Crippen molar-refractivity contribution in [3.8, 4) is 0 Å². The largest absolute Gasteiger partial charge is 0.352 e. The number of carbonyl (C=O) groups is 1. The number of benzene rings is 1. The minimum atomic E-state index is 0.0477. The van der Waals surface area contributed by atoms with Crippen LogP contribution >= 0.6 is 11.3 Å². The molecule has 0 saturated carbocycles. The molecule has 0 fully saturated rings. The fourth-order valence-corrected chi connectivity index (χ4v) is 4.01. The lowest BCUT2D eigenvalue weighted by molar-refractivity contribution is 0.0946. The summed E-state index contributed by atoms with van der Waals surface area (Å²) in [6, 6.07) is 8.66. The predicted molar refractivity (Wildman–Crippen MR) is 87.2 cm³/mol. The van der Waals surface area contributed by atoms with Crippen molar-refractivity contribution in [1.29, 1.82) is 0 Å². The highest BCUT2D eigenvalue weighted by Crippen LogP contribution is 2.31. The van der Waals surface area contributed by atoms with Crippen molar-refractivity contribution in [2.75, 3.05) is 13.6 Å². The predicted octanol–water partition coefficient (Wildman–Crippen LogP) is 2.96. The van der Waals surface area contributed by atoms with Gasteiger partial charge in [0.15, 0.2) is 0 Å². The Kier molecular flexibility index (Phi) is 3.83. The Bertz CT molecular complexity index is 671. The molecule has 2 N–H and O–H groups in total. The zero-order valence-corrected chi connectivity index (χ0v) is 13.4.